The van der Waals surface area contributed by atoms with Crippen molar-refractivity contribution in [3.63, 3.8) is 0 Å². The van der Waals surface area contributed by atoms with Crippen LogP contribution in [0.5, 0.6) is 0 Å². The molecule has 2 rings (SSSR count). The Labute approximate surface area is 201 Å². The third kappa shape index (κ3) is 9.65. The normalized spacial score (nSPS) is 25.4. The number of hydrogen-bond acceptors (Lipinski definition) is 5. The zero-order valence-corrected chi connectivity index (χ0v) is 20.7. The Kier molecular flexibility index (Phi) is 14.2. The summed E-state index contributed by atoms with van der Waals surface area (Å²) in [4.78, 5) is 0. The molecule has 5 atom stereocenters. The van der Waals surface area contributed by atoms with Crippen molar-refractivity contribution in [3.05, 3.63) is 35.4 Å². The molecule has 0 aromatic heterocycles. The second kappa shape index (κ2) is 16.6. The van der Waals surface area contributed by atoms with Crippen molar-refractivity contribution in [2.45, 2.75) is 134 Å². The van der Waals surface area contributed by atoms with Gasteiger partial charge >= 0.3 is 0 Å². The molecule has 33 heavy (non-hydrogen) atoms. The second-order valence-corrected chi connectivity index (χ2v) is 9.79. The van der Waals surface area contributed by atoms with Gasteiger partial charge in [0, 0.05) is 0 Å². The van der Waals surface area contributed by atoms with Crippen LogP contribution in [0.25, 0.3) is 0 Å². The Morgan fingerprint density at radius 3 is 1.73 bits per heavy atom. The van der Waals surface area contributed by atoms with Gasteiger partial charge in [-0.15, -0.1) is 0 Å². The molecule has 1 fully saturated rings. The van der Waals surface area contributed by atoms with Crippen LogP contribution in [0.4, 0.5) is 0 Å². The molecule has 5 nitrogen and oxygen atoms in total. The fraction of sp³-hybridized carbons (Fsp3) is 0.786. The first kappa shape index (κ1) is 28.3. The first-order chi connectivity index (χ1) is 16.1. The van der Waals surface area contributed by atoms with Gasteiger partial charge in [0.25, 0.3) is 0 Å². The van der Waals surface area contributed by atoms with Crippen LogP contribution < -0.4 is 0 Å². The summed E-state index contributed by atoms with van der Waals surface area (Å²) in [5.74, 6) is 0. The van der Waals surface area contributed by atoms with E-state index >= 15 is 0 Å². The first-order valence-electron chi connectivity index (χ1n) is 13.5. The number of ether oxygens (including phenoxy) is 1. The molecule has 1 aromatic rings. The maximum atomic E-state index is 10.5. The van der Waals surface area contributed by atoms with E-state index in [2.05, 4.69) is 6.92 Å². The fourth-order valence-electron chi connectivity index (χ4n) is 4.91. The topological polar surface area (TPSA) is 90.2 Å². The summed E-state index contributed by atoms with van der Waals surface area (Å²) in [6.45, 7) is 1.87. The van der Waals surface area contributed by atoms with Crippen molar-refractivity contribution in [3.8, 4) is 0 Å². The molecule has 0 aliphatic carbocycles. The summed E-state index contributed by atoms with van der Waals surface area (Å²) in [5, 5.41) is 40.1. The van der Waals surface area contributed by atoms with Gasteiger partial charge in [-0.1, -0.05) is 115 Å². The molecule has 1 aromatic carbocycles. The highest BCUT2D eigenvalue weighted by Crippen LogP contribution is 2.34. The number of benzene rings is 1. The molecule has 0 saturated carbocycles. The molecule has 0 amide bonds. The highest BCUT2D eigenvalue weighted by molar-refractivity contribution is 5.31. The van der Waals surface area contributed by atoms with E-state index in [1.165, 1.54) is 83.5 Å². The Morgan fingerprint density at radius 2 is 1.18 bits per heavy atom. The van der Waals surface area contributed by atoms with E-state index in [0.717, 1.165) is 24.0 Å². The average molecular weight is 465 g/mol. The monoisotopic (exact) mass is 464 g/mol. The van der Waals surface area contributed by atoms with Crippen LogP contribution in [0.15, 0.2) is 24.3 Å². The summed E-state index contributed by atoms with van der Waals surface area (Å²) in [5.41, 5.74) is 1.94. The van der Waals surface area contributed by atoms with E-state index in [4.69, 9.17) is 4.74 Å². The lowest BCUT2D eigenvalue weighted by atomic mass is 9.88. The largest absolute Gasteiger partial charge is 0.394 e. The number of hydrogen-bond donors (Lipinski definition) is 4. The molecule has 0 bridgehead atoms. The van der Waals surface area contributed by atoms with Crippen molar-refractivity contribution < 1.29 is 25.2 Å². The van der Waals surface area contributed by atoms with Crippen molar-refractivity contribution in [1.82, 2.24) is 0 Å². The minimum atomic E-state index is -1.34. The van der Waals surface area contributed by atoms with Crippen LogP contribution in [-0.2, 0) is 11.2 Å². The Morgan fingerprint density at radius 1 is 0.667 bits per heavy atom. The standard InChI is InChI=1S/C28H48O5/c1-2-3-4-5-6-7-8-9-10-11-12-13-14-15-18-22-19-16-17-20-23(22)28-27(32)26(31)25(30)24(21-29)33-28/h16-17,19-20,24-32H,2-15,18,21H2,1H3/t24-,25-,26+,27-,28?/m1/s1. The number of unbranched alkanes of at least 4 members (excludes halogenated alkanes) is 13. The number of rotatable bonds is 17. The summed E-state index contributed by atoms with van der Waals surface area (Å²) in [6.07, 6.45) is 14.0. The van der Waals surface area contributed by atoms with Crippen molar-refractivity contribution in [1.29, 1.82) is 0 Å². The van der Waals surface area contributed by atoms with Crippen LogP contribution in [0.3, 0.4) is 0 Å². The maximum Gasteiger partial charge on any atom is 0.113 e. The number of aliphatic hydroxyl groups is 4. The van der Waals surface area contributed by atoms with E-state index in [0.29, 0.717) is 0 Å². The van der Waals surface area contributed by atoms with Crippen molar-refractivity contribution >= 4 is 0 Å². The van der Waals surface area contributed by atoms with Gasteiger partial charge in [0.05, 0.1) is 6.61 Å². The zero-order valence-electron chi connectivity index (χ0n) is 20.7. The van der Waals surface area contributed by atoms with Gasteiger partial charge in [-0.3, -0.25) is 0 Å². The predicted octanol–water partition coefficient (Wildman–Crippen LogP) is 5.23. The number of aryl methyl sites for hydroxylation is 1. The summed E-state index contributed by atoms with van der Waals surface area (Å²) in [6, 6.07) is 7.82. The van der Waals surface area contributed by atoms with Crippen LogP contribution >= 0.6 is 0 Å². The number of aliphatic hydroxyl groups excluding tert-OH is 4. The van der Waals surface area contributed by atoms with Gasteiger partial charge < -0.3 is 25.2 Å². The predicted molar refractivity (Wildman–Crippen MR) is 133 cm³/mol. The van der Waals surface area contributed by atoms with Gasteiger partial charge in [0.2, 0.25) is 0 Å². The van der Waals surface area contributed by atoms with Gasteiger partial charge in [0.1, 0.15) is 30.5 Å². The van der Waals surface area contributed by atoms with Crippen molar-refractivity contribution in [2.75, 3.05) is 6.61 Å². The lowest BCUT2D eigenvalue weighted by Gasteiger charge is -2.40. The third-order valence-electron chi connectivity index (χ3n) is 7.05. The molecule has 4 N–H and O–H groups in total. The minimum absolute atomic E-state index is 0.400. The molecule has 5 heteroatoms. The molecule has 1 aliphatic heterocycles. The SMILES string of the molecule is CCCCCCCCCCCCCCCCc1ccccc1C1O[C@H](CO)[C@@H](O)[C@H](O)[C@H]1O. The van der Waals surface area contributed by atoms with Gasteiger partial charge in [-0.25, -0.2) is 0 Å². The van der Waals surface area contributed by atoms with E-state index in [-0.39, 0.29) is 0 Å². The zero-order chi connectivity index (χ0) is 23.9. The van der Waals surface area contributed by atoms with E-state index in [1.54, 1.807) is 0 Å². The minimum Gasteiger partial charge on any atom is -0.394 e. The quantitative estimate of drug-likeness (QED) is 0.237. The smallest absolute Gasteiger partial charge is 0.113 e. The van der Waals surface area contributed by atoms with Gasteiger partial charge in [-0.2, -0.15) is 0 Å². The molecular formula is C28H48O5. The van der Waals surface area contributed by atoms with Gasteiger partial charge in [0.15, 0.2) is 0 Å². The summed E-state index contributed by atoms with van der Waals surface area (Å²) in [7, 11) is 0. The molecule has 1 heterocycles. The second-order valence-electron chi connectivity index (χ2n) is 9.79. The first-order valence-corrected chi connectivity index (χ1v) is 13.5. The van der Waals surface area contributed by atoms with Gasteiger partial charge in [-0.05, 0) is 24.0 Å². The fourth-order valence-corrected chi connectivity index (χ4v) is 4.91. The molecule has 1 unspecified atom stereocenters. The molecule has 0 spiro atoms. The molecule has 1 aliphatic rings. The molecular weight excluding hydrogens is 416 g/mol. The lowest BCUT2D eigenvalue weighted by molar-refractivity contribution is -0.231. The Hall–Kier alpha value is -0.980. The molecule has 0 radical (unpaired) electrons. The Bertz CT molecular complexity index is 620. The summed E-state index contributed by atoms with van der Waals surface area (Å²) < 4.78 is 5.77. The van der Waals surface area contributed by atoms with Crippen molar-refractivity contribution in [2.24, 2.45) is 0 Å². The van der Waals surface area contributed by atoms with E-state index < -0.39 is 37.1 Å². The molecule has 1 saturated heterocycles. The van der Waals surface area contributed by atoms with Crippen LogP contribution in [0, 0.1) is 0 Å². The highest BCUT2D eigenvalue weighted by atomic mass is 16.5. The lowest BCUT2D eigenvalue weighted by Crippen LogP contribution is -2.55. The van der Waals surface area contributed by atoms with E-state index in [9.17, 15) is 20.4 Å². The van der Waals surface area contributed by atoms with E-state index in [1.807, 2.05) is 24.3 Å². The maximum absolute atomic E-state index is 10.5. The average Bonchev–Trinajstić information content (AvgIpc) is 2.83. The third-order valence-corrected chi connectivity index (χ3v) is 7.05. The molecule has 190 valence electrons. The van der Waals surface area contributed by atoms with Crippen LogP contribution in [0.1, 0.15) is 114 Å². The Balaban J connectivity index is 1.63. The highest BCUT2D eigenvalue weighted by Gasteiger charge is 2.44. The van der Waals surface area contributed by atoms with Crippen LogP contribution in [0.2, 0.25) is 0 Å². The summed E-state index contributed by atoms with van der Waals surface area (Å²) >= 11 is 0. The van der Waals surface area contributed by atoms with Crippen LogP contribution in [-0.4, -0.2) is 51.4 Å².